The molecule has 0 aliphatic carbocycles. The van der Waals surface area contributed by atoms with Crippen molar-refractivity contribution in [2.75, 3.05) is 24.9 Å². The third-order valence-electron chi connectivity index (χ3n) is 3.97. The van der Waals surface area contributed by atoms with E-state index in [0.29, 0.717) is 11.7 Å². The zero-order valence-corrected chi connectivity index (χ0v) is 16.3. The zero-order valence-electron chi connectivity index (χ0n) is 15.5. The van der Waals surface area contributed by atoms with E-state index in [1.54, 1.807) is 20.4 Å². The van der Waals surface area contributed by atoms with Gasteiger partial charge in [0.1, 0.15) is 11.5 Å². The Morgan fingerprint density at radius 3 is 2.74 bits per heavy atom. The Kier molecular flexibility index (Phi) is 5.93. The van der Waals surface area contributed by atoms with E-state index in [9.17, 15) is 0 Å². The van der Waals surface area contributed by atoms with Gasteiger partial charge in [0.15, 0.2) is 5.11 Å². The van der Waals surface area contributed by atoms with Crippen LogP contribution in [-0.4, -0.2) is 29.1 Å². The third-order valence-corrected chi connectivity index (χ3v) is 4.18. The van der Waals surface area contributed by atoms with Crippen molar-refractivity contribution in [3.05, 3.63) is 66.0 Å². The van der Waals surface area contributed by atoms with Crippen molar-refractivity contribution in [3.8, 4) is 11.5 Å². The van der Waals surface area contributed by atoms with E-state index in [2.05, 4.69) is 15.7 Å². The molecule has 0 aliphatic rings. The van der Waals surface area contributed by atoms with Crippen LogP contribution in [0.2, 0.25) is 0 Å². The largest absolute Gasteiger partial charge is 0.497 e. The summed E-state index contributed by atoms with van der Waals surface area (Å²) in [4.78, 5) is 0. The average Bonchev–Trinajstić information content (AvgIpc) is 3.08. The Morgan fingerprint density at radius 1 is 1.11 bits per heavy atom. The van der Waals surface area contributed by atoms with Crippen LogP contribution < -0.4 is 20.1 Å². The van der Waals surface area contributed by atoms with Gasteiger partial charge in [-0.2, -0.15) is 5.10 Å². The molecular formula is C20H22N4O2S. The van der Waals surface area contributed by atoms with E-state index >= 15 is 0 Å². The highest BCUT2D eigenvalue weighted by molar-refractivity contribution is 7.80. The van der Waals surface area contributed by atoms with Gasteiger partial charge in [-0.15, -0.1) is 0 Å². The van der Waals surface area contributed by atoms with Crippen LogP contribution in [0.3, 0.4) is 0 Å². The van der Waals surface area contributed by atoms with Crippen molar-refractivity contribution in [2.24, 2.45) is 0 Å². The highest BCUT2D eigenvalue weighted by Crippen LogP contribution is 2.25. The molecule has 0 atom stereocenters. The van der Waals surface area contributed by atoms with Crippen molar-refractivity contribution < 1.29 is 9.47 Å². The Bertz CT molecular complexity index is 939. The summed E-state index contributed by atoms with van der Waals surface area (Å²) in [5, 5.41) is 11.2. The topological polar surface area (TPSA) is 60.3 Å². The second-order valence-electron chi connectivity index (χ2n) is 6.06. The molecule has 7 heteroatoms. The first-order valence-electron chi connectivity index (χ1n) is 8.45. The normalized spacial score (nSPS) is 10.3. The van der Waals surface area contributed by atoms with Gasteiger partial charge in [-0.3, -0.25) is 4.68 Å². The first-order valence-corrected chi connectivity index (χ1v) is 8.86. The number of methoxy groups -OCH3 is 2. The number of hydrogen-bond donors (Lipinski definition) is 2. The Morgan fingerprint density at radius 2 is 1.96 bits per heavy atom. The number of nitrogens with zero attached hydrogens (tertiary/aromatic N) is 2. The lowest BCUT2D eigenvalue weighted by atomic mass is 10.2. The van der Waals surface area contributed by atoms with Gasteiger partial charge in [-0.05, 0) is 54.5 Å². The highest BCUT2D eigenvalue weighted by Gasteiger charge is 2.07. The number of aryl methyl sites for hydroxylation is 1. The lowest BCUT2D eigenvalue weighted by Gasteiger charge is -2.13. The maximum Gasteiger partial charge on any atom is 0.175 e. The fourth-order valence-corrected chi connectivity index (χ4v) is 2.90. The van der Waals surface area contributed by atoms with Gasteiger partial charge in [0.2, 0.25) is 0 Å². The summed E-state index contributed by atoms with van der Waals surface area (Å²) in [5.74, 6) is 1.56. The second-order valence-corrected chi connectivity index (χ2v) is 6.47. The third kappa shape index (κ3) is 4.98. The number of nitrogens with one attached hydrogen (secondary N) is 2. The summed E-state index contributed by atoms with van der Waals surface area (Å²) in [5.41, 5.74) is 3.85. The quantitative estimate of drug-likeness (QED) is 0.627. The van der Waals surface area contributed by atoms with Gasteiger partial charge in [-0.1, -0.05) is 18.2 Å². The first-order chi connectivity index (χ1) is 13.1. The summed E-state index contributed by atoms with van der Waals surface area (Å²) in [6.45, 7) is 2.66. The molecule has 0 amide bonds. The molecular weight excluding hydrogens is 360 g/mol. The number of anilines is 2. The minimum Gasteiger partial charge on any atom is -0.497 e. The van der Waals surface area contributed by atoms with Crippen LogP contribution in [0.25, 0.3) is 0 Å². The van der Waals surface area contributed by atoms with Crippen LogP contribution in [0.1, 0.15) is 11.1 Å². The number of aromatic nitrogens is 2. The molecule has 0 saturated heterocycles. The summed E-state index contributed by atoms with van der Waals surface area (Å²) in [6.07, 6.45) is 3.64. The van der Waals surface area contributed by atoms with Crippen molar-refractivity contribution in [3.63, 3.8) is 0 Å². The van der Waals surface area contributed by atoms with Crippen LogP contribution >= 0.6 is 12.2 Å². The predicted octanol–water partition coefficient (Wildman–Crippen LogP) is 4.07. The molecule has 2 N–H and O–H groups in total. The second kappa shape index (κ2) is 8.55. The number of rotatable bonds is 6. The van der Waals surface area contributed by atoms with E-state index in [0.717, 1.165) is 34.0 Å². The van der Waals surface area contributed by atoms with E-state index in [-0.39, 0.29) is 0 Å². The summed E-state index contributed by atoms with van der Waals surface area (Å²) in [6, 6.07) is 13.8. The van der Waals surface area contributed by atoms with Crippen LogP contribution in [0.5, 0.6) is 11.5 Å². The molecule has 27 heavy (non-hydrogen) atoms. The standard InChI is InChI=1S/C20H22N4O2S/c1-14-7-8-19(26-3)18(9-14)23-20(27)22-16-11-21-24(13-16)12-15-5-4-6-17(10-15)25-2/h4-11,13H,12H2,1-3H3,(H2,22,23,27). The fraction of sp³-hybridized carbons (Fsp3) is 0.200. The molecule has 0 fully saturated rings. The predicted molar refractivity (Wildman–Crippen MR) is 112 cm³/mol. The van der Waals surface area contributed by atoms with Crippen molar-refractivity contribution in [2.45, 2.75) is 13.5 Å². The lowest BCUT2D eigenvalue weighted by Crippen LogP contribution is -2.19. The molecule has 3 rings (SSSR count). The first kappa shape index (κ1) is 18.7. The minimum atomic E-state index is 0.472. The molecule has 0 saturated carbocycles. The number of hydrogen-bond acceptors (Lipinski definition) is 4. The van der Waals surface area contributed by atoms with E-state index in [4.69, 9.17) is 21.7 Å². The maximum absolute atomic E-state index is 5.41. The lowest BCUT2D eigenvalue weighted by molar-refractivity contribution is 0.414. The molecule has 1 heterocycles. The van der Waals surface area contributed by atoms with Crippen LogP contribution in [0, 0.1) is 6.92 Å². The van der Waals surface area contributed by atoms with Crippen molar-refractivity contribution >= 4 is 28.7 Å². The molecule has 0 unspecified atom stereocenters. The average molecular weight is 382 g/mol. The molecule has 2 aromatic carbocycles. The van der Waals surface area contributed by atoms with Gasteiger partial charge in [-0.25, -0.2) is 0 Å². The molecule has 140 valence electrons. The van der Waals surface area contributed by atoms with E-state index in [1.165, 1.54) is 0 Å². The number of benzene rings is 2. The fourth-order valence-electron chi connectivity index (χ4n) is 2.68. The summed E-state index contributed by atoms with van der Waals surface area (Å²) < 4.78 is 12.5. The highest BCUT2D eigenvalue weighted by atomic mass is 32.1. The molecule has 6 nitrogen and oxygen atoms in total. The molecule has 0 radical (unpaired) electrons. The van der Waals surface area contributed by atoms with E-state index < -0.39 is 0 Å². The molecule has 3 aromatic rings. The van der Waals surface area contributed by atoms with Crippen molar-refractivity contribution in [1.29, 1.82) is 0 Å². The van der Waals surface area contributed by atoms with Gasteiger partial charge >= 0.3 is 0 Å². The molecule has 1 aromatic heterocycles. The van der Waals surface area contributed by atoms with Gasteiger partial charge in [0, 0.05) is 6.20 Å². The van der Waals surface area contributed by atoms with Crippen LogP contribution in [-0.2, 0) is 6.54 Å². The Labute approximate surface area is 164 Å². The van der Waals surface area contributed by atoms with Crippen molar-refractivity contribution in [1.82, 2.24) is 9.78 Å². The molecule has 0 aliphatic heterocycles. The SMILES string of the molecule is COc1cccc(Cn2cc(NC(=S)Nc3cc(C)ccc3OC)cn2)c1. The zero-order chi connectivity index (χ0) is 19.2. The monoisotopic (exact) mass is 382 g/mol. The smallest absolute Gasteiger partial charge is 0.175 e. The minimum absolute atomic E-state index is 0.472. The maximum atomic E-state index is 5.41. The van der Waals surface area contributed by atoms with Gasteiger partial charge < -0.3 is 20.1 Å². The number of ether oxygens (including phenoxy) is 2. The Hall–Kier alpha value is -3.06. The number of thiocarbonyl (C=S) groups is 1. The van der Waals surface area contributed by atoms with Crippen LogP contribution in [0.15, 0.2) is 54.9 Å². The Balaban J connectivity index is 1.63. The van der Waals surface area contributed by atoms with Gasteiger partial charge in [0.25, 0.3) is 0 Å². The van der Waals surface area contributed by atoms with Crippen LogP contribution in [0.4, 0.5) is 11.4 Å². The summed E-state index contributed by atoms with van der Waals surface area (Å²) >= 11 is 5.41. The van der Waals surface area contributed by atoms with Gasteiger partial charge in [0.05, 0.1) is 38.3 Å². The van der Waals surface area contributed by atoms with E-state index in [1.807, 2.05) is 60.3 Å². The molecule has 0 spiro atoms. The molecule has 0 bridgehead atoms. The summed E-state index contributed by atoms with van der Waals surface area (Å²) in [7, 11) is 3.29.